The zero-order chi connectivity index (χ0) is 22.5. The van der Waals surface area contributed by atoms with Gasteiger partial charge in [0.05, 0.1) is 20.9 Å². The number of rotatable bonds is 6. The Bertz CT molecular complexity index is 1250. The molecule has 4 rings (SSSR count). The van der Waals surface area contributed by atoms with Gasteiger partial charge in [-0.25, -0.2) is 0 Å². The number of hydrogen-bond donors (Lipinski definition) is 1. The minimum atomic E-state index is -0.406. The van der Waals surface area contributed by atoms with Crippen molar-refractivity contribution in [3.05, 3.63) is 78.0 Å². The Morgan fingerprint density at radius 3 is 2.23 bits per heavy atom. The summed E-state index contributed by atoms with van der Waals surface area (Å²) in [5, 5.41) is 23.0. The number of H-pyrrole nitrogens is 1. The normalized spacial score (nSPS) is 10.8. The summed E-state index contributed by atoms with van der Waals surface area (Å²) in [6, 6.07) is 9.94. The lowest BCUT2D eigenvalue weighted by Gasteiger charge is -2.06. The molecule has 0 saturated heterocycles. The van der Waals surface area contributed by atoms with Crippen LogP contribution in [0.5, 0.6) is 0 Å². The molecule has 0 bridgehead atoms. The van der Waals surface area contributed by atoms with Crippen LogP contribution in [0.25, 0.3) is 21.8 Å². The van der Waals surface area contributed by atoms with Gasteiger partial charge in [-0.15, -0.1) is 0 Å². The van der Waals surface area contributed by atoms with Crippen LogP contribution < -0.4 is 0 Å². The fourth-order valence-corrected chi connectivity index (χ4v) is 4.59. The van der Waals surface area contributed by atoms with Gasteiger partial charge in [-0.05, 0) is 50.4 Å². The molecule has 4 aromatic rings. The molecular weight excluding hydrogens is 532 g/mol. The van der Waals surface area contributed by atoms with Crippen molar-refractivity contribution in [3.8, 4) is 0 Å². The molecule has 0 saturated carbocycles. The molecule has 0 aliphatic rings. The van der Waals surface area contributed by atoms with Gasteiger partial charge in [-0.2, -0.15) is 0 Å². The van der Waals surface area contributed by atoms with Crippen LogP contribution in [0.15, 0.2) is 57.7 Å². The van der Waals surface area contributed by atoms with Crippen molar-refractivity contribution in [2.24, 2.45) is 0 Å². The Kier molecular flexibility index (Phi) is 7.45. The third-order valence-corrected chi connectivity index (χ3v) is 6.05. The van der Waals surface area contributed by atoms with Crippen molar-refractivity contribution in [1.82, 2.24) is 9.55 Å². The van der Waals surface area contributed by atoms with Gasteiger partial charge in [-0.1, -0.05) is 19.8 Å². The van der Waals surface area contributed by atoms with Crippen molar-refractivity contribution in [2.45, 2.75) is 32.7 Å². The molecular formula is C21H20Br2N4O4. The highest BCUT2D eigenvalue weighted by Gasteiger charge is 2.13. The van der Waals surface area contributed by atoms with E-state index in [0.717, 1.165) is 39.2 Å². The third kappa shape index (κ3) is 5.31. The van der Waals surface area contributed by atoms with E-state index in [0.29, 0.717) is 4.47 Å². The van der Waals surface area contributed by atoms with Gasteiger partial charge in [0.2, 0.25) is 0 Å². The number of unbranched alkanes of at least 4 members (excludes halogenated alkanes) is 2. The number of nitrogens with zero attached hydrogens (tertiary/aromatic N) is 3. The Hall–Kier alpha value is -2.72. The second-order valence-corrected chi connectivity index (χ2v) is 8.67. The number of nitro benzene ring substituents is 2. The Balaban J connectivity index is 0.000000185. The highest BCUT2D eigenvalue weighted by atomic mass is 79.9. The molecule has 162 valence electrons. The number of halogens is 2. The summed E-state index contributed by atoms with van der Waals surface area (Å²) in [5.74, 6) is 0. The molecule has 0 fully saturated rings. The SMILES string of the molecule is CCCCCn1ccc2cc([N+](=O)[O-])cc(Br)c21.O=[N+]([O-])c1cc(Br)c2[nH]ccc2c1. The van der Waals surface area contributed by atoms with Gasteiger partial charge in [0.15, 0.2) is 0 Å². The van der Waals surface area contributed by atoms with E-state index in [9.17, 15) is 20.2 Å². The average Bonchev–Trinajstić information content (AvgIpc) is 3.36. The van der Waals surface area contributed by atoms with Crippen LogP contribution in [0.1, 0.15) is 26.2 Å². The predicted molar refractivity (Wildman–Crippen MR) is 128 cm³/mol. The molecule has 0 amide bonds. The second-order valence-electron chi connectivity index (χ2n) is 6.97. The summed E-state index contributed by atoms with van der Waals surface area (Å²) >= 11 is 6.69. The van der Waals surface area contributed by atoms with Gasteiger partial charge in [-0.3, -0.25) is 20.2 Å². The maximum absolute atomic E-state index is 10.8. The van der Waals surface area contributed by atoms with Crippen LogP contribution in [-0.2, 0) is 6.54 Å². The van der Waals surface area contributed by atoms with Gasteiger partial charge in [0.25, 0.3) is 11.4 Å². The van der Waals surface area contributed by atoms with E-state index in [1.165, 1.54) is 25.0 Å². The minimum absolute atomic E-state index is 0.0963. The first kappa shape index (κ1) is 23.0. The van der Waals surface area contributed by atoms with Crippen molar-refractivity contribution in [2.75, 3.05) is 0 Å². The number of aromatic nitrogens is 2. The highest BCUT2D eigenvalue weighted by Crippen LogP contribution is 2.30. The number of fused-ring (bicyclic) bond motifs is 2. The van der Waals surface area contributed by atoms with E-state index in [4.69, 9.17) is 0 Å². The van der Waals surface area contributed by atoms with Crippen LogP contribution in [0, 0.1) is 20.2 Å². The molecule has 0 radical (unpaired) electrons. The summed E-state index contributed by atoms with van der Waals surface area (Å²) in [4.78, 5) is 23.5. The predicted octanol–water partition coefficient (Wildman–Crippen LogP) is 7.34. The fraction of sp³-hybridized carbons (Fsp3) is 0.238. The van der Waals surface area contributed by atoms with E-state index in [1.807, 2.05) is 12.3 Å². The lowest BCUT2D eigenvalue weighted by Crippen LogP contribution is -1.97. The summed E-state index contributed by atoms with van der Waals surface area (Å²) in [7, 11) is 0. The first-order valence-electron chi connectivity index (χ1n) is 9.65. The fourth-order valence-electron chi connectivity index (χ4n) is 3.32. The van der Waals surface area contributed by atoms with Crippen LogP contribution in [0.3, 0.4) is 0 Å². The lowest BCUT2D eigenvalue weighted by atomic mass is 10.2. The van der Waals surface area contributed by atoms with Crippen molar-refractivity contribution in [1.29, 1.82) is 0 Å². The average molecular weight is 552 g/mol. The molecule has 1 N–H and O–H groups in total. The zero-order valence-electron chi connectivity index (χ0n) is 16.7. The maximum Gasteiger partial charge on any atom is 0.271 e. The monoisotopic (exact) mass is 550 g/mol. The zero-order valence-corrected chi connectivity index (χ0v) is 19.8. The molecule has 0 aliphatic carbocycles. The highest BCUT2D eigenvalue weighted by molar-refractivity contribution is 9.11. The molecule has 0 atom stereocenters. The quantitative estimate of drug-likeness (QED) is 0.153. The van der Waals surface area contributed by atoms with E-state index in [-0.39, 0.29) is 16.3 Å². The number of nitrogens with one attached hydrogen (secondary N) is 1. The van der Waals surface area contributed by atoms with E-state index in [2.05, 4.69) is 48.3 Å². The lowest BCUT2D eigenvalue weighted by molar-refractivity contribution is -0.384. The number of non-ortho nitro benzene ring substituents is 2. The number of benzene rings is 2. The Morgan fingerprint density at radius 2 is 1.58 bits per heavy atom. The molecule has 2 aromatic carbocycles. The van der Waals surface area contributed by atoms with E-state index < -0.39 is 4.92 Å². The van der Waals surface area contributed by atoms with E-state index >= 15 is 0 Å². The number of aromatic amines is 1. The van der Waals surface area contributed by atoms with Crippen LogP contribution in [0.4, 0.5) is 11.4 Å². The van der Waals surface area contributed by atoms with Crippen molar-refractivity contribution >= 4 is 65.0 Å². The van der Waals surface area contributed by atoms with Gasteiger partial charge in [0, 0.05) is 62.9 Å². The van der Waals surface area contributed by atoms with E-state index in [1.54, 1.807) is 24.4 Å². The summed E-state index contributed by atoms with van der Waals surface area (Å²) in [5.41, 5.74) is 2.14. The van der Waals surface area contributed by atoms with Crippen LogP contribution in [0.2, 0.25) is 0 Å². The molecule has 2 aromatic heterocycles. The van der Waals surface area contributed by atoms with Gasteiger partial charge >= 0.3 is 0 Å². The standard InChI is InChI=1S/C13H15BrN2O2.C8H5BrN2O2/c1-2-3-4-6-15-7-5-10-8-11(16(17)18)9-12(14)13(10)15;9-7-4-6(11(12)13)3-5-1-2-10-8(5)7/h5,7-9H,2-4,6H2,1H3;1-4,10H. The molecule has 2 heterocycles. The minimum Gasteiger partial charge on any atom is -0.360 e. The first-order valence-corrected chi connectivity index (χ1v) is 11.2. The third-order valence-electron chi connectivity index (χ3n) is 4.82. The molecule has 0 spiro atoms. The summed E-state index contributed by atoms with van der Waals surface area (Å²) in [6.07, 6.45) is 7.26. The van der Waals surface area contributed by atoms with Crippen molar-refractivity contribution in [3.63, 3.8) is 0 Å². The van der Waals surface area contributed by atoms with Crippen molar-refractivity contribution < 1.29 is 9.85 Å². The number of nitro groups is 2. The molecule has 0 unspecified atom stereocenters. The Morgan fingerprint density at radius 1 is 0.935 bits per heavy atom. The maximum atomic E-state index is 10.8. The topological polar surface area (TPSA) is 107 Å². The molecule has 31 heavy (non-hydrogen) atoms. The smallest absolute Gasteiger partial charge is 0.271 e. The molecule has 0 aliphatic heterocycles. The van der Waals surface area contributed by atoms with Gasteiger partial charge < -0.3 is 9.55 Å². The van der Waals surface area contributed by atoms with Crippen LogP contribution >= 0.6 is 31.9 Å². The number of aryl methyl sites for hydroxylation is 1. The molecule has 8 nitrogen and oxygen atoms in total. The Labute approximate surface area is 194 Å². The summed E-state index contributed by atoms with van der Waals surface area (Å²) < 4.78 is 3.65. The summed E-state index contributed by atoms with van der Waals surface area (Å²) in [6.45, 7) is 3.13. The van der Waals surface area contributed by atoms with Crippen LogP contribution in [-0.4, -0.2) is 19.4 Å². The number of hydrogen-bond acceptors (Lipinski definition) is 4. The second kappa shape index (κ2) is 10.1. The largest absolute Gasteiger partial charge is 0.360 e. The van der Waals surface area contributed by atoms with Gasteiger partial charge in [0.1, 0.15) is 0 Å². The first-order chi connectivity index (χ1) is 14.8. The molecule has 10 heteroatoms.